The van der Waals surface area contributed by atoms with Crippen LogP contribution in [0.25, 0.3) is 10.2 Å². The predicted octanol–water partition coefficient (Wildman–Crippen LogP) is 3.48. The normalized spacial score (nSPS) is 19.8. The monoisotopic (exact) mass is 486 g/mol. The first-order chi connectivity index (χ1) is 16.1. The third-order valence-electron chi connectivity index (χ3n) is 7.12. The molecule has 0 N–H and O–H groups in total. The van der Waals surface area contributed by atoms with Gasteiger partial charge in [0.05, 0.1) is 18.3 Å². The molecule has 1 aliphatic carbocycles. The fourth-order valence-corrected chi connectivity index (χ4v) is 6.65. The van der Waals surface area contributed by atoms with E-state index in [1.54, 1.807) is 29.3 Å². The summed E-state index contributed by atoms with van der Waals surface area (Å²) in [4.78, 5) is 25.4. The van der Waals surface area contributed by atoms with Crippen molar-refractivity contribution >= 4 is 33.2 Å². The second-order valence-corrected chi connectivity index (χ2v) is 10.5. The molecule has 1 aliphatic heterocycles. The second kappa shape index (κ2) is 10.2. The van der Waals surface area contributed by atoms with Gasteiger partial charge >= 0.3 is 0 Å². The van der Waals surface area contributed by atoms with Crippen molar-refractivity contribution in [1.29, 1.82) is 0 Å². The highest BCUT2D eigenvalue weighted by atomic mass is 35.5. The number of thiophene rings is 1. The van der Waals surface area contributed by atoms with Crippen LogP contribution < -0.4 is 5.56 Å². The summed E-state index contributed by atoms with van der Waals surface area (Å²) < 4.78 is 6.98. The number of ether oxygens (including phenoxy) is 1. The number of hydrogen-bond donors (Lipinski definition) is 0. The number of aromatic nitrogens is 2. The van der Waals surface area contributed by atoms with Gasteiger partial charge in [-0.3, -0.25) is 19.2 Å². The van der Waals surface area contributed by atoms with Gasteiger partial charge in [-0.05, 0) is 42.9 Å². The summed E-state index contributed by atoms with van der Waals surface area (Å²) in [7, 11) is 1.77. The molecule has 1 atom stereocenters. The number of methoxy groups -OCH3 is 1. The molecule has 0 bridgehead atoms. The molecule has 0 spiro atoms. The van der Waals surface area contributed by atoms with Gasteiger partial charge in [-0.15, -0.1) is 11.3 Å². The molecule has 0 saturated carbocycles. The molecule has 2 aromatic heterocycles. The Kier molecular flexibility index (Phi) is 7.13. The van der Waals surface area contributed by atoms with Crippen LogP contribution >= 0.6 is 22.9 Å². The Morgan fingerprint density at radius 2 is 2.00 bits per heavy atom. The van der Waals surface area contributed by atoms with Crippen LogP contribution in [0.15, 0.2) is 35.4 Å². The lowest BCUT2D eigenvalue weighted by Crippen LogP contribution is -2.52. The lowest BCUT2D eigenvalue weighted by Gasteiger charge is -2.40. The van der Waals surface area contributed by atoms with E-state index in [1.807, 2.05) is 24.3 Å². The molecule has 3 aromatic rings. The van der Waals surface area contributed by atoms with E-state index in [-0.39, 0.29) is 5.56 Å². The van der Waals surface area contributed by atoms with Crippen molar-refractivity contribution in [1.82, 2.24) is 19.4 Å². The standard InChI is InChI=1S/C25H31ClN4O2S/c1-32-15-14-28-10-12-29(13-11-28)19-6-7-20-22(16-19)33-24-23(20)25(31)30(17-27-24)9-8-18-4-2-3-5-21(18)26/h2-5,17,19H,6-16H2,1H3/t19-/m1/s1. The average Bonchev–Trinajstić information content (AvgIpc) is 3.22. The van der Waals surface area contributed by atoms with Crippen LogP contribution in [0.3, 0.4) is 0 Å². The summed E-state index contributed by atoms with van der Waals surface area (Å²) in [5, 5.41) is 1.59. The molecule has 1 fully saturated rings. The summed E-state index contributed by atoms with van der Waals surface area (Å²) >= 11 is 8.02. The number of fused-ring (bicyclic) bond motifs is 3. The molecule has 1 aromatic carbocycles. The summed E-state index contributed by atoms with van der Waals surface area (Å²) in [6, 6.07) is 8.39. The number of piperazine rings is 1. The molecular weight excluding hydrogens is 456 g/mol. The molecule has 3 heterocycles. The highest BCUT2D eigenvalue weighted by Gasteiger charge is 2.30. The van der Waals surface area contributed by atoms with Crippen molar-refractivity contribution in [3.8, 4) is 0 Å². The molecule has 6 nitrogen and oxygen atoms in total. The molecule has 5 rings (SSSR count). The molecule has 2 aliphatic rings. The first kappa shape index (κ1) is 23.0. The van der Waals surface area contributed by atoms with Gasteiger partial charge in [0.2, 0.25) is 0 Å². The third kappa shape index (κ3) is 4.88. The second-order valence-electron chi connectivity index (χ2n) is 9.04. The van der Waals surface area contributed by atoms with Gasteiger partial charge in [0.25, 0.3) is 5.56 Å². The number of hydrogen-bond acceptors (Lipinski definition) is 6. The van der Waals surface area contributed by atoms with Crippen molar-refractivity contribution in [3.05, 3.63) is 62.0 Å². The Balaban J connectivity index is 1.29. The first-order valence-electron chi connectivity index (χ1n) is 11.8. The number of halogens is 1. The number of rotatable bonds is 7. The van der Waals surface area contributed by atoms with Crippen LogP contribution in [0.4, 0.5) is 0 Å². The zero-order chi connectivity index (χ0) is 22.8. The van der Waals surface area contributed by atoms with Crippen molar-refractivity contribution in [3.63, 3.8) is 0 Å². The SMILES string of the molecule is COCCN1CCN([C@@H]2CCc3c(sc4ncn(CCc5ccccc5Cl)c(=O)c34)C2)CC1. The van der Waals surface area contributed by atoms with Crippen LogP contribution in [0.5, 0.6) is 0 Å². The fraction of sp³-hybridized carbons (Fsp3) is 0.520. The van der Waals surface area contributed by atoms with Crippen LogP contribution in [0.2, 0.25) is 5.02 Å². The lowest BCUT2D eigenvalue weighted by molar-refractivity contribution is 0.0707. The minimum Gasteiger partial charge on any atom is -0.383 e. The Bertz CT molecular complexity index is 1170. The summed E-state index contributed by atoms with van der Waals surface area (Å²) in [6.45, 7) is 6.85. The Morgan fingerprint density at radius 3 is 2.79 bits per heavy atom. The van der Waals surface area contributed by atoms with Gasteiger partial charge in [-0.2, -0.15) is 0 Å². The van der Waals surface area contributed by atoms with E-state index in [9.17, 15) is 4.79 Å². The summed E-state index contributed by atoms with van der Waals surface area (Å²) in [6.07, 6.45) is 5.55. The van der Waals surface area contributed by atoms with E-state index < -0.39 is 0 Å². The van der Waals surface area contributed by atoms with Crippen molar-refractivity contribution < 1.29 is 4.74 Å². The van der Waals surface area contributed by atoms with Gasteiger partial charge in [-0.25, -0.2) is 4.98 Å². The minimum absolute atomic E-state index is 0.0924. The summed E-state index contributed by atoms with van der Waals surface area (Å²) in [5.74, 6) is 0. The van der Waals surface area contributed by atoms with E-state index in [1.165, 1.54) is 10.4 Å². The van der Waals surface area contributed by atoms with Crippen LogP contribution in [-0.2, 0) is 30.5 Å². The smallest absolute Gasteiger partial charge is 0.262 e. The van der Waals surface area contributed by atoms with Gasteiger partial charge in [0.1, 0.15) is 4.83 Å². The number of benzene rings is 1. The van der Waals surface area contributed by atoms with Gasteiger partial charge in [-0.1, -0.05) is 29.8 Å². The van der Waals surface area contributed by atoms with Crippen molar-refractivity contribution in [2.75, 3.05) is 46.4 Å². The number of nitrogens with zero attached hydrogens (tertiary/aromatic N) is 4. The van der Waals surface area contributed by atoms with Crippen molar-refractivity contribution in [2.45, 2.75) is 38.3 Å². The maximum atomic E-state index is 13.3. The molecule has 0 amide bonds. The van der Waals surface area contributed by atoms with Gasteiger partial charge in [0, 0.05) is 62.3 Å². The largest absolute Gasteiger partial charge is 0.383 e. The van der Waals surface area contributed by atoms with Crippen LogP contribution in [0, 0.1) is 0 Å². The zero-order valence-electron chi connectivity index (χ0n) is 19.1. The Morgan fingerprint density at radius 1 is 1.18 bits per heavy atom. The number of aryl methyl sites for hydroxylation is 3. The fourth-order valence-electron chi connectivity index (χ4n) is 5.17. The van der Waals surface area contributed by atoms with E-state index in [0.29, 0.717) is 12.6 Å². The Hall–Kier alpha value is -1.77. The molecule has 1 saturated heterocycles. The first-order valence-corrected chi connectivity index (χ1v) is 13.0. The molecule has 0 radical (unpaired) electrons. The molecule has 33 heavy (non-hydrogen) atoms. The molecular formula is C25H31ClN4O2S. The molecule has 0 unspecified atom stereocenters. The maximum absolute atomic E-state index is 13.3. The molecule has 8 heteroatoms. The van der Waals surface area contributed by atoms with E-state index in [0.717, 1.165) is 85.8 Å². The summed E-state index contributed by atoms with van der Waals surface area (Å²) in [5.41, 5.74) is 2.40. The van der Waals surface area contributed by atoms with Gasteiger partial charge < -0.3 is 4.74 Å². The predicted molar refractivity (Wildman–Crippen MR) is 135 cm³/mol. The molecule has 176 valence electrons. The van der Waals surface area contributed by atoms with E-state index >= 15 is 0 Å². The Labute approximate surface area is 203 Å². The highest BCUT2D eigenvalue weighted by molar-refractivity contribution is 7.18. The van der Waals surface area contributed by atoms with Crippen LogP contribution in [-0.4, -0.2) is 71.8 Å². The maximum Gasteiger partial charge on any atom is 0.262 e. The van der Waals surface area contributed by atoms with Crippen molar-refractivity contribution in [2.24, 2.45) is 0 Å². The van der Waals surface area contributed by atoms with E-state index in [4.69, 9.17) is 16.3 Å². The topological polar surface area (TPSA) is 50.6 Å². The zero-order valence-corrected chi connectivity index (χ0v) is 20.7. The lowest BCUT2D eigenvalue weighted by atomic mass is 9.91. The minimum atomic E-state index is 0.0924. The van der Waals surface area contributed by atoms with E-state index in [2.05, 4.69) is 14.8 Å². The van der Waals surface area contributed by atoms with Crippen LogP contribution in [0.1, 0.15) is 22.4 Å². The average molecular weight is 487 g/mol. The quantitative estimate of drug-likeness (QED) is 0.511. The highest BCUT2D eigenvalue weighted by Crippen LogP contribution is 2.35. The third-order valence-corrected chi connectivity index (χ3v) is 8.66. The van der Waals surface area contributed by atoms with Gasteiger partial charge in [0.15, 0.2) is 0 Å².